The Morgan fingerprint density at radius 1 is 1.28 bits per heavy atom. The van der Waals surface area contributed by atoms with Crippen molar-refractivity contribution >= 4 is 33.6 Å². The van der Waals surface area contributed by atoms with Gasteiger partial charge in [-0.25, -0.2) is 9.73 Å². The Labute approximate surface area is 152 Å². The highest BCUT2D eigenvalue weighted by molar-refractivity contribution is 7.98. The third-order valence-electron chi connectivity index (χ3n) is 2.93. The molecule has 25 heavy (non-hydrogen) atoms. The van der Waals surface area contributed by atoms with Crippen molar-refractivity contribution < 1.29 is 12.8 Å². The smallest absolute Gasteiger partial charge is 0.345 e. The Bertz CT molecular complexity index is 740. The second kappa shape index (κ2) is 8.70. The van der Waals surface area contributed by atoms with Crippen molar-refractivity contribution in [3.05, 3.63) is 23.7 Å². The molecule has 1 aliphatic rings. The molecule has 0 unspecified atom stereocenters. The van der Waals surface area contributed by atoms with Crippen LogP contribution in [0.25, 0.3) is 0 Å². The van der Waals surface area contributed by atoms with E-state index in [2.05, 4.69) is 24.4 Å². The standard InChI is InChI=1S/C14H24N6O3S2/c1-19(2)9-11-5-6-12(23-11)10-24-8-7-15-13-14(16-20(3)4)18-25(21,22)17-13/h5-6H,7-10H2,1-4H3,(H,15,17)(H,16,18). The van der Waals surface area contributed by atoms with Crippen LogP contribution in [-0.4, -0.2) is 70.5 Å². The molecule has 0 fully saturated rings. The molecule has 0 aromatic carbocycles. The molecule has 0 atom stereocenters. The summed E-state index contributed by atoms with van der Waals surface area (Å²) in [7, 11) is 3.79. The lowest BCUT2D eigenvalue weighted by Gasteiger charge is -2.12. The third-order valence-corrected chi connectivity index (χ3v) is 4.76. The Hall–Kier alpha value is -1.56. The summed E-state index contributed by atoms with van der Waals surface area (Å²) in [4.78, 5) is 6.33. The zero-order valence-corrected chi connectivity index (χ0v) is 16.4. The molecule has 0 amide bonds. The summed E-state index contributed by atoms with van der Waals surface area (Å²) in [5.41, 5.74) is 2.82. The summed E-state index contributed by atoms with van der Waals surface area (Å²) in [6.45, 7) is 1.25. The number of furan rings is 1. The minimum atomic E-state index is -3.69. The van der Waals surface area contributed by atoms with E-state index in [9.17, 15) is 8.42 Å². The molecule has 11 heteroatoms. The van der Waals surface area contributed by atoms with Crippen LogP contribution in [0.15, 0.2) is 25.9 Å². The number of rotatable bonds is 8. The van der Waals surface area contributed by atoms with Gasteiger partial charge in [0, 0.05) is 19.8 Å². The summed E-state index contributed by atoms with van der Waals surface area (Å²) in [6, 6.07) is 3.97. The van der Waals surface area contributed by atoms with Crippen LogP contribution >= 0.6 is 11.8 Å². The average Bonchev–Trinajstić information content (AvgIpc) is 3.01. The number of aliphatic imine (C=N–C) groups is 1. The minimum Gasteiger partial charge on any atom is -0.464 e. The van der Waals surface area contributed by atoms with E-state index < -0.39 is 10.2 Å². The summed E-state index contributed by atoms with van der Waals surface area (Å²) in [6.07, 6.45) is 0. The summed E-state index contributed by atoms with van der Waals surface area (Å²) < 4.78 is 34.7. The molecular formula is C14H24N6O3S2. The molecule has 1 aromatic heterocycles. The maximum absolute atomic E-state index is 11.5. The molecule has 1 aromatic rings. The van der Waals surface area contributed by atoms with E-state index in [0.717, 1.165) is 29.6 Å². The van der Waals surface area contributed by atoms with Gasteiger partial charge in [-0.2, -0.15) is 20.2 Å². The number of hydrazine groups is 1. The fourth-order valence-corrected chi connectivity index (χ4v) is 3.58. The van der Waals surface area contributed by atoms with Gasteiger partial charge >= 0.3 is 10.2 Å². The van der Waals surface area contributed by atoms with Gasteiger partial charge in [-0.15, -0.1) is 4.40 Å². The molecule has 2 rings (SSSR count). The van der Waals surface area contributed by atoms with E-state index in [1.807, 2.05) is 26.2 Å². The maximum atomic E-state index is 11.5. The molecule has 9 nitrogen and oxygen atoms in total. The van der Waals surface area contributed by atoms with E-state index in [1.165, 1.54) is 0 Å². The highest BCUT2D eigenvalue weighted by Crippen LogP contribution is 2.16. The average molecular weight is 389 g/mol. The van der Waals surface area contributed by atoms with Gasteiger partial charge in [0.05, 0.1) is 18.8 Å². The fourth-order valence-electron chi connectivity index (χ4n) is 2.04. The SMILES string of the molecule is CN(C)Cc1ccc(CSCCN=C2NS(=O)(=O)N=C2NN(C)C)o1. The lowest BCUT2D eigenvalue weighted by molar-refractivity contribution is 0.344. The Morgan fingerprint density at radius 2 is 2.00 bits per heavy atom. The maximum Gasteiger partial charge on any atom is 0.345 e. The number of amidine groups is 2. The van der Waals surface area contributed by atoms with E-state index in [4.69, 9.17) is 4.42 Å². The van der Waals surface area contributed by atoms with Crippen LogP contribution < -0.4 is 10.1 Å². The van der Waals surface area contributed by atoms with Gasteiger partial charge in [0.1, 0.15) is 11.5 Å². The molecule has 2 heterocycles. The van der Waals surface area contributed by atoms with Crippen LogP contribution in [-0.2, 0) is 22.5 Å². The van der Waals surface area contributed by atoms with Crippen LogP contribution in [0.5, 0.6) is 0 Å². The molecule has 0 spiro atoms. The highest BCUT2D eigenvalue weighted by atomic mass is 32.2. The van der Waals surface area contributed by atoms with Crippen LogP contribution in [0.3, 0.4) is 0 Å². The van der Waals surface area contributed by atoms with E-state index >= 15 is 0 Å². The zero-order valence-electron chi connectivity index (χ0n) is 14.8. The van der Waals surface area contributed by atoms with Crippen LogP contribution in [0.4, 0.5) is 0 Å². The Morgan fingerprint density at radius 3 is 2.68 bits per heavy atom. The predicted octanol–water partition coefficient (Wildman–Crippen LogP) is 0.286. The molecule has 0 saturated carbocycles. The second-order valence-corrected chi connectivity index (χ2v) is 8.35. The molecule has 2 N–H and O–H groups in total. The summed E-state index contributed by atoms with van der Waals surface area (Å²) in [5, 5.41) is 1.61. The Kier molecular flexibility index (Phi) is 6.87. The number of nitrogens with zero attached hydrogens (tertiary/aromatic N) is 4. The van der Waals surface area contributed by atoms with Crippen molar-refractivity contribution in [3.8, 4) is 0 Å². The summed E-state index contributed by atoms with van der Waals surface area (Å²) in [5.74, 6) is 3.80. The predicted molar refractivity (Wildman–Crippen MR) is 101 cm³/mol. The zero-order chi connectivity index (χ0) is 18.4. The monoisotopic (exact) mass is 388 g/mol. The molecule has 0 bridgehead atoms. The summed E-state index contributed by atoms with van der Waals surface area (Å²) >= 11 is 1.67. The molecule has 0 radical (unpaired) electrons. The number of hydrogen-bond donors (Lipinski definition) is 2. The van der Waals surface area contributed by atoms with Crippen LogP contribution in [0, 0.1) is 0 Å². The van der Waals surface area contributed by atoms with Crippen molar-refractivity contribution in [2.45, 2.75) is 12.3 Å². The first kappa shape index (κ1) is 19.8. The van der Waals surface area contributed by atoms with Gasteiger partial charge in [-0.05, 0) is 26.2 Å². The van der Waals surface area contributed by atoms with Crippen molar-refractivity contribution in [1.82, 2.24) is 20.1 Å². The quantitative estimate of drug-likeness (QED) is 0.487. The van der Waals surface area contributed by atoms with Crippen molar-refractivity contribution in [2.75, 3.05) is 40.5 Å². The van der Waals surface area contributed by atoms with Crippen LogP contribution in [0.1, 0.15) is 11.5 Å². The molecule has 0 saturated heterocycles. The normalized spacial score (nSPS) is 18.0. The van der Waals surface area contributed by atoms with Gasteiger partial charge in [0.15, 0.2) is 11.7 Å². The van der Waals surface area contributed by atoms with Gasteiger partial charge < -0.3 is 9.32 Å². The lowest BCUT2D eigenvalue weighted by Crippen LogP contribution is -2.42. The van der Waals surface area contributed by atoms with Gasteiger partial charge in [0.25, 0.3) is 0 Å². The molecule has 1 aliphatic heterocycles. The first-order valence-corrected chi connectivity index (χ1v) is 10.3. The van der Waals surface area contributed by atoms with Crippen molar-refractivity contribution in [3.63, 3.8) is 0 Å². The topological polar surface area (TPSA) is 103 Å². The number of nitrogens with one attached hydrogen (secondary N) is 2. The lowest BCUT2D eigenvalue weighted by atomic mass is 10.4. The van der Waals surface area contributed by atoms with E-state index in [-0.39, 0.29) is 11.7 Å². The Balaban J connectivity index is 1.79. The van der Waals surface area contributed by atoms with E-state index in [0.29, 0.717) is 6.54 Å². The second-order valence-electron chi connectivity index (χ2n) is 5.91. The van der Waals surface area contributed by atoms with E-state index in [1.54, 1.807) is 30.9 Å². The van der Waals surface area contributed by atoms with Crippen LogP contribution in [0.2, 0.25) is 0 Å². The minimum absolute atomic E-state index is 0.203. The van der Waals surface area contributed by atoms with Crippen molar-refractivity contribution in [1.29, 1.82) is 0 Å². The number of hydrogen-bond acceptors (Lipinski definition) is 8. The fraction of sp³-hybridized carbons (Fsp3) is 0.571. The number of thioether (sulfide) groups is 1. The molecule has 0 aliphatic carbocycles. The molecule has 140 valence electrons. The van der Waals surface area contributed by atoms with Gasteiger partial charge in [0.2, 0.25) is 0 Å². The molecular weight excluding hydrogens is 364 g/mol. The van der Waals surface area contributed by atoms with Crippen molar-refractivity contribution in [2.24, 2.45) is 9.39 Å². The van der Waals surface area contributed by atoms with Gasteiger partial charge in [-0.1, -0.05) is 0 Å². The largest absolute Gasteiger partial charge is 0.464 e. The van der Waals surface area contributed by atoms with Gasteiger partial charge in [-0.3, -0.25) is 10.4 Å². The third kappa shape index (κ3) is 6.69. The first-order valence-electron chi connectivity index (χ1n) is 7.67. The highest BCUT2D eigenvalue weighted by Gasteiger charge is 2.26. The first-order chi connectivity index (χ1) is 11.7.